The summed E-state index contributed by atoms with van der Waals surface area (Å²) in [7, 11) is 1.32. The second kappa shape index (κ2) is 7.94. The van der Waals surface area contributed by atoms with Crippen molar-refractivity contribution >= 4 is 17.7 Å². The van der Waals surface area contributed by atoms with E-state index in [-0.39, 0.29) is 12.1 Å². The number of benzene rings is 1. The molecule has 0 radical (unpaired) electrons. The maximum Gasteiger partial charge on any atom is 0.339 e. The number of amides is 2. The average Bonchev–Trinajstić information content (AvgIpc) is 2.96. The van der Waals surface area contributed by atoms with Crippen LogP contribution in [0.15, 0.2) is 24.3 Å². The van der Waals surface area contributed by atoms with E-state index < -0.39 is 5.97 Å². The van der Waals surface area contributed by atoms with Gasteiger partial charge in [-0.05, 0) is 12.1 Å². The van der Waals surface area contributed by atoms with Gasteiger partial charge in [0.05, 0.1) is 24.4 Å². The third-order valence-electron chi connectivity index (χ3n) is 3.91. The predicted molar refractivity (Wildman–Crippen MR) is 88.2 cm³/mol. The molecule has 2 rings (SSSR count). The van der Waals surface area contributed by atoms with E-state index in [9.17, 15) is 9.59 Å². The van der Waals surface area contributed by atoms with Crippen LogP contribution in [0.5, 0.6) is 0 Å². The lowest BCUT2D eigenvalue weighted by atomic mass is 10.2. The van der Waals surface area contributed by atoms with Crippen molar-refractivity contribution in [2.75, 3.05) is 38.6 Å². The second-order valence-corrected chi connectivity index (χ2v) is 5.34. The number of hydrazine groups is 1. The van der Waals surface area contributed by atoms with Crippen LogP contribution in [0.25, 0.3) is 0 Å². The minimum Gasteiger partial charge on any atom is -0.465 e. The predicted octanol–water partition coefficient (Wildman–Crippen LogP) is 1.54. The summed E-state index contributed by atoms with van der Waals surface area (Å²) >= 11 is 0. The molecule has 0 bridgehead atoms. The van der Waals surface area contributed by atoms with E-state index in [0.29, 0.717) is 11.3 Å². The van der Waals surface area contributed by atoms with Crippen LogP contribution < -0.4 is 10.6 Å². The van der Waals surface area contributed by atoms with E-state index in [4.69, 9.17) is 4.74 Å². The minimum atomic E-state index is -0.476. The highest BCUT2D eigenvalue weighted by Gasteiger charge is 2.29. The van der Waals surface area contributed by atoms with Crippen LogP contribution in [0, 0.1) is 0 Å². The highest BCUT2D eigenvalue weighted by molar-refractivity contribution is 6.00. The van der Waals surface area contributed by atoms with Gasteiger partial charge in [-0.2, -0.15) is 0 Å². The van der Waals surface area contributed by atoms with Gasteiger partial charge in [0.15, 0.2) is 0 Å². The maximum atomic E-state index is 12.2. The Morgan fingerprint density at radius 1 is 1.17 bits per heavy atom. The molecule has 0 aromatic heterocycles. The van der Waals surface area contributed by atoms with Crippen LogP contribution in [0.4, 0.5) is 10.5 Å². The largest absolute Gasteiger partial charge is 0.465 e. The number of ether oxygens (including phenoxy) is 1. The van der Waals surface area contributed by atoms with Gasteiger partial charge < -0.3 is 15.4 Å². The molecule has 2 amide bonds. The van der Waals surface area contributed by atoms with Crippen molar-refractivity contribution in [2.45, 2.75) is 19.9 Å². The summed E-state index contributed by atoms with van der Waals surface area (Å²) in [4.78, 5) is 23.9. The molecule has 1 aromatic carbocycles. The fourth-order valence-corrected chi connectivity index (χ4v) is 2.77. The van der Waals surface area contributed by atoms with Crippen molar-refractivity contribution in [1.29, 1.82) is 0 Å². The molecule has 1 aliphatic rings. The molecule has 1 aromatic rings. The number of anilines is 1. The Kier molecular flexibility index (Phi) is 5.95. The molecule has 2 N–H and O–H groups in total. The summed E-state index contributed by atoms with van der Waals surface area (Å²) in [6.07, 6.45) is 0. The number of rotatable bonds is 5. The lowest BCUT2D eigenvalue weighted by molar-refractivity contribution is 0.0388. The van der Waals surface area contributed by atoms with Crippen LogP contribution in [-0.4, -0.2) is 61.3 Å². The molecule has 1 fully saturated rings. The van der Waals surface area contributed by atoms with Crippen molar-refractivity contribution in [2.24, 2.45) is 0 Å². The highest BCUT2D eigenvalue weighted by atomic mass is 16.5. The molecule has 0 unspecified atom stereocenters. The standard InChI is InChI=1S/C16H24N4O3/c1-4-19-10-12(11-20(19)5-2)17-16(22)18-14-9-7-6-8-13(14)15(21)23-3/h6-9,12H,4-5,10-11H2,1-3H3,(H2,17,18,22). The van der Waals surface area contributed by atoms with Crippen molar-refractivity contribution in [3.05, 3.63) is 29.8 Å². The van der Waals surface area contributed by atoms with E-state index in [1.807, 2.05) is 0 Å². The number of hydrogen-bond acceptors (Lipinski definition) is 5. The molecule has 0 spiro atoms. The van der Waals surface area contributed by atoms with Gasteiger partial charge in [0.2, 0.25) is 0 Å². The molecule has 1 heterocycles. The van der Waals surface area contributed by atoms with E-state index in [1.54, 1.807) is 24.3 Å². The second-order valence-electron chi connectivity index (χ2n) is 5.34. The monoisotopic (exact) mass is 320 g/mol. The van der Waals surface area contributed by atoms with Crippen LogP contribution in [-0.2, 0) is 4.74 Å². The SMILES string of the molecule is CCN1CC(NC(=O)Nc2ccccc2C(=O)OC)CN1CC. The summed E-state index contributed by atoms with van der Waals surface area (Å²) in [5.41, 5.74) is 0.775. The first-order valence-electron chi connectivity index (χ1n) is 7.83. The van der Waals surface area contributed by atoms with Gasteiger partial charge in [-0.25, -0.2) is 19.6 Å². The maximum absolute atomic E-state index is 12.2. The zero-order valence-corrected chi connectivity index (χ0v) is 13.8. The molecule has 7 heteroatoms. The van der Waals surface area contributed by atoms with E-state index in [2.05, 4.69) is 34.5 Å². The Balaban J connectivity index is 1.97. The Labute approximate surface area is 136 Å². The number of urea groups is 1. The number of carbonyl (C=O) groups excluding carboxylic acids is 2. The average molecular weight is 320 g/mol. The van der Waals surface area contributed by atoms with E-state index >= 15 is 0 Å². The van der Waals surface area contributed by atoms with Crippen LogP contribution in [0.2, 0.25) is 0 Å². The molecule has 0 aliphatic carbocycles. The van der Waals surface area contributed by atoms with Crippen molar-refractivity contribution in [3.63, 3.8) is 0 Å². The molecule has 126 valence electrons. The van der Waals surface area contributed by atoms with Crippen molar-refractivity contribution in [3.8, 4) is 0 Å². The highest BCUT2D eigenvalue weighted by Crippen LogP contribution is 2.16. The minimum absolute atomic E-state index is 0.0557. The van der Waals surface area contributed by atoms with Gasteiger partial charge in [-0.15, -0.1) is 0 Å². The molecular weight excluding hydrogens is 296 g/mol. The molecule has 1 saturated heterocycles. The van der Waals surface area contributed by atoms with Crippen LogP contribution >= 0.6 is 0 Å². The molecule has 0 atom stereocenters. The van der Waals surface area contributed by atoms with Crippen molar-refractivity contribution in [1.82, 2.24) is 15.3 Å². The first-order valence-corrected chi connectivity index (χ1v) is 7.83. The summed E-state index contributed by atoms with van der Waals surface area (Å²) in [5, 5.41) is 10.1. The number of para-hydroxylation sites is 1. The number of methoxy groups -OCH3 is 1. The summed E-state index contributed by atoms with van der Waals surface area (Å²) in [6.45, 7) is 7.60. The molecular formula is C16H24N4O3. The number of likely N-dealkylation sites (N-methyl/N-ethyl adjacent to an activating group) is 2. The fraction of sp³-hybridized carbons (Fsp3) is 0.500. The summed E-state index contributed by atoms with van der Waals surface area (Å²) < 4.78 is 4.73. The lowest BCUT2D eigenvalue weighted by Crippen LogP contribution is -2.41. The van der Waals surface area contributed by atoms with Crippen LogP contribution in [0.1, 0.15) is 24.2 Å². The smallest absolute Gasteiger partial charge is 0.339 e. The third kappa shape index (κ3) is 4.20. The van der Waals surface area contributed by atoms with Gasteiger partial charge in [-0.1, -0.05) is 26.0 Å². The van der Waals surface area contributed by atoms with Gasteiger partial charge in [0.1, 0.15) is 0 Å². The van der Waals surface area contributed by atoms with Gasteiger partial charge >= 0.3 is 12.0 Å². The molecule has 7 nitrogen and oxygen atoms in total. The Morgan fingerprint density at radius 2 is 1.78 bits per heavy atom. The van der Waals surface area contributed by atoms with Gasteiger partial charge in [-0.3, -0.25) is 0 Å². The number of carbonyl (C=O) groups is 2. The number of hydrogen-bond donors (Lipinski definition) is 2. The zero-order chi connectivity index (χ0) is 16.8. The zero-order valence-electron chi connectivity index (χ0n) is 13.8. The topological polar surface area (TPSA) is 73.9 Å². The van der Waals surface area contributed by atoms with Crippen LogP contribution in [0.3, 0.4) is 0 Å². The first-order chi connectivity index (χ1) is 11.1. The normalized spacial score (nSPS) is 16.3. The lowest BCUT2D eigenvalue weighted by Gasteiger charge is -2.24. The molecule has 23 heavy (non-hydrogen) atoms. The Morgan fingerprint density at radius 3 is 2.35 bits per heavy atom. The van der Waals surface area contributed by atoms with E-state index in [0.717, 1.165) is 26.2 Å². The summed E-state index contributed by atoms with van der Waals surface area (Å²) in [5.74, 6) is -0.476. The third-order valence-corrected chi connectivity index (χ3v) is 3.91. The van der Waals surface area contributed by atoms with E-state index in [1.165, 1.54) is 7.11 Å². The summed E-state index contributed by atoms with van der Waals surface area (Å²) in [6, 6.07) is 6.52. The number of nitrogens with one attached hydrogen (secondary N) is 2. The number of esters is 1. The quantitative estimate of drug-likeness (QED) is 0.805. The molecule has 0 saturated carbocycles. The Bertz CT molecular complexity index is 552. The molecule has 1 aliphatic heterocycles. The Hall–Kier alpha value is -2.12. The first kappa shape index (κ1) is 17.2. The van der Waals surface area contributed by atoms with Crippen molar-refractivity contribution < 1.29 is 14.3 Å². The van der Waals surface area contributed by atoms with Gasteiger partial charge in [0.25, 0.3) is 0 Å². The fourth-order valence-electron chi connectivity index (χ4n) is 2.77. The van der Waals surface area contributed by atoms with Gasteiger partial charge in [0, 0.05) is 26.2 Å². The number of nitrogens with zero attached hydrogens (tertiary/aromatic N) is 2.